The van der Waals surface area contributed by atoms with Gasteiger partial charge in [-0.1, -0.05) is 31.4 Å². The van der Waals surface area contributed by atoms with E-state index in [1.807, 2.05) is 18.2 Å². The second kappa shape index (κ2) is 12.2. The Hall–Kier alpha value is -1.60. The largest absolute Gasteiger partial charge is 0.493 e. The Balaban J connectivity index is 1.45. The Morgan fingerprint density at radius 1 is 1.07 bits per heavy atom. The first-order valence-corrected chi connectivity index (χ1v) is 11.6. The number of ether oxygens (including phenoxy) is 2. The highest BCUT2D eigenvalue weighted by molar-refractivity contribution is 7.09. The third kappa shape index (κ3) is 7.63. The minimum absolute atomic E-state index is 0.281. The predicted octanol–water partition coefficient (Wildman–Crippen LogP) is 4.05. The molecule has 1 aliphatic rings. The average molecular weight is 419 g/mol. The topological polar surface area (TPSA) is 54.0 Å². The third-order valence-electron chi connectivity index (χ3n) is 5.29. The van der Waals surface area contributed by atoms with Crippen molar-refractivity contribution in [1.82, 2.24) is 10.2 Å². The molecule has 1 aliphatic heterocycles. The highest BCUT2D eigenvalue weighted by Gasteiger charge is 2.15. The maximum Gasteiger partial charge on any atom is 0.161 e. The summed E-state index contributed by atoms with van der Waals surface area (Å²) in [7, 11) is 1.65. The number of nitrogens with zero attached hydrogens (tertiary/aromatic N) is 1. The van der Waals surface area contributed by atoms with E-state index in [2.05, 4.69) is 27.7 Å². The molecule has 1 atom stereocenters. The molecule has 1 aromatic carbocycles. The number of hydrogen-bond donors (Lipinski definition) is 2. The van der Waals surface area contributed by atoms with Crippen molar-refractivity contribution in [3.05, 3.63) is 46.2 Å². The van der Waals surface area contributed by atoms with Gasteiger partial charge in [0.05, 0.1) is 7.11 Å². The molecule has 1 unspecified atom stereocenters. The van der Waals surface area contributed by atoms with Gasteiger partial charge >= 0.3 is 0 Å². The van der Waals surface area contributed by atoms with Gasteiger partial charge < -0.3 is 24.8 Å². The van der Waals surface area contributed by atoms with Crippen LogP contribution in [0.4, 0.5) is 0 Å². The van der Waals surface area contributed by atoms with Crippen molar-refractivity contribution in [3.8, 4) is 11.5 Å². The van der Waals surface area contributed by atoms with Gasteiger partial charge in [-0.05, 0) is 55.1 Å². The maximum absolute atomic E-state index is 10.4. The molecule has 1 fully saturated rings. The minimum Gasteiger partial charge on any atom is -0.493 e. The molecule has 3 rings (SSSR count). The molecule has 0 saturated carbocycles. The molecule has 0 aliphatic carbocycles. The van der Waals surface area contributed by atoms with Crippen LogP contribution in [0.2, 0.25) is 0 Å². The Morgan fingerprint density at radius 3 is 2.59 bits per heavy atom. The van der Waals surface area contributed by atoms with E-state index in [-0.39, 0.29) is 6.61 Å². The molecule has 0 radical (unpaired) electrons. The number of aliphatic hydroxyl groups is 1. The van der Waals surface area contributed by atoms with Gasteiger partial charge in [0.1, 0.15) is 12.7 Å². The number of likely N-dealkylation sites (tertiary alicyclic amines) is 1. The zero-order chi connectivity index (χ0) is 20.3. The fraction of sp³-hybridized carbons (Fsp3) is 0.565. The van der Waals surface area contributed by atoms with E-state index in [0.29, 0.717) is 18.0 Å². The number of rotatable bonds is 10. The normalized spacial score (nSPS) is 16.8. The summed E-state index contributed by atoms with van der Waals surface area (Å²) in [4.78, 5) is 3.69. The minimum atomic E-state index is -0.494. The van der Waals surface area contributed by atoms with Crippen LogP contribution in [0.1, 0.15) is 42.5 Å². The molecule has 2 N–H and O–H groups in total. The van der Waals surface area contributed by atoms with Gasteiger partial charge in [0.2, 0.25) is 0 Å². The van der Waals surface area contributed by atoms with Gasteiger partial charge in [0, 0.05) is 24.5 Å². The molecule has 5 nitrogen and oxygen atoms in total. The molecule has 0 amide bonds. The van der Waals surface area contributed by atoms with Crippen molar-refractivity contribution in [1.29, 1.82) is 0 Å². The van der Waals surface area contributed by atoms with Crippen LogP contribution in [0.5, 0.6) is 11.5 Å². The van der Waals surface area contributed by atoms with Gasteiger partial charge in [-0.15, -0.1) is 11.3 Å². The predicted molar refractivity (Wildman–Crippen MR) is 119 cm³/mol. The summed E-state index contributed by atoms with van der Waals surface area (Å²) < 4.78 is 11.4. The lowest BCUT2D eigenvalue weighted by molar-refractivity contribution is 0.0645. The summed E-state index contributed by atoms with van der Waals surface area (Å²) in [5.41, 5.74) is 1.15. The first-order valence-electron chi connectivity index (χ1n) is 10.7. The Morgan fingerprint density at radius 2 is 1.86 bits per heavy atom. The molecule has 0 bridgehead atoms. The van der Waals surface area contributed by atoms with Crippen molar-refractivity contribution in [3.63, 3.8) is 0 Å². The van der Waals surface area contributed by atoms with Crippen LogP contribution < -0.4 is 14.8 Å². The van der Waals surface area contributed by atoms with E-state index in [1.165, 1.54) is 37.0 Å². The molecule has 1 saturated heterocycles. The molecule has 160 valence electrons. The molecular weight excluding hydrogens is 384 g/mol. The zero-order valence-electron chi connectivity index (χ0n) is 17.4. The molecule has 1 aromatic heterocycles. The Kier molecular flexibility index (Phi) is 9.28. The van der Waals surface area contributed by atoms with Crippen molar-refractivity contribution in [2.75, 3.05) is 33.4 Å². The fourth-order valence-electron chi connectivity index (χ4n) is 3.72. The smallest absolute Gasteiger partial charge is 0.161 e. The third-order valence-corrected chi connectivity index (χ3v) is 6.16. The van der Waals surface area contributed by atoms with E-state index >= 15 is 0 Å². The number of thiophene rings is 1. The van der Waals surface area contributed by atoms with Gasteiger partial charge in [-0.2, -0.15) is 0 Å². The van der Waals surface area contributed by atoms with Crippen molar-refractivity contribution < 1.29 is 14.6 Å². The van der Waals surface area contributed by atoms with E-state index in [0.717, 1.165) is 31.7 Å². The number of hydrogen-bond acceptors (Lipinski definition) is 6. The summed E-state index contributed by atoms with van der Waals surface area (Å²) >= 11 is 1.76. The van der Waals surface area contributed by atoms with Crippen molar-refractivity contribution in [2.45, 2.75) is 51.3 Å². The molecule has 29 heavy (non-hydrogen) atoms. The molecular formula is C23H34N2O3S. The zero-order valence-corrected chi connectivity index (χ0v) is 18.3. The number of aliphatic hydroxyl groups excluding tert-OH is 1. The number of β-amino-alcohol motifs (C(OH)–C–C–N with tert-alkyl or cyclic N) is 1. The molecule has 6 heteroatoms. The Labute approximate surface area is 178 Å². The number of nitrogens with one attached hydrogen (secondary N) is 1. The summed E-state index contributed by atoms with van der Waals surface area (Å²) in [6.45, 7) is 4.74. The van der Waals surface area contributed by atoms with Crippen LogP contribution in [0, 0.1) is 0 Å². The van der Waals surface area contributed by atoms with Crippen LogP contribution in [-0.4, -0.2) is 49.5 Å². The van der Waals surface area contributed by atoms with Gasteiger partial charge in [-0.25, -0.2) is 0 Å². The second-order valence-electron chi connectivity index (χ2n) is 7.70. The first-order chi connectivity index (χ1) is 14.2. The van der Waals surface area contributed by atoms with Crippen LogP contribution in [0.15, 0.2) is 35.7 Å². The Bertz CT molecular complexity index is 700. The van der Waals surface area contributed by atoms with Gasteiger partial charge in [0.25, 0.3) is 0 Å². The quantitative estimate of drug-likeness (QED) is 0.610. The second-order valence-corrected chi connectivity index (χ2v) is 8.73. The van der Waals surface area contributed by atoms with Crippen LogP contribution in [-0.2, 0) is 13.1 Å². The standard InChI is InChI=1S/C23H34N2O3S/c1-27-23-14-19(15-24-16-21-8-7-13-29-21)9-10-22(23)28-18-20(26)17-25-11-5-3-2-4-6-12-25/h7-10,13-14,20,24,26H,2-6,11-12,15-18H2,1H3. The SMILES string of the molecule is COc1cc(CNCc2cccs2)ccc1OCC(O)CN1CCCCCCC1. The molecule has 2 aromatic rings. The fourth-order valence-corrected chi connectivity index (χ4v) is 4.39. The lowest BCUT2D eigenvalue weighted by atomic mass is 10.1. The van der Waals surface area contributed by atoms with Crippen LogP contribution in [0.25, 0.3) is 0 Å². The highest BCUT2D eigenvalue weighted by atomic mass is 32.1. The van der Waals surface area contributed by atoms with Gasteiger partial charge in [0.15, 0.2) is 11.5 Å². The number of benzene rings is 1. The summed E-state index contributed by atoms with van der Waals surface area (Å²) in [6, 6.07) is 10.2. The lowest BCUT2D eigenvalue weighted by Gasteiger charge is -2.26. The average Bonchev–Trinajstić information content (AvgIpc) is 3.22. The monoisotopic (exact) mass is 418 g/mol. The molecule has 2 heterocycles. The van der Waals surface area contributed by atoms with Gasteiger partial charge in [-0.3, -0.25) is 0 Å². The van der Waals surface area contributed by atoms with Crippen LogP contribution in [0.3, 0.4) is 0 Å². The van der Waals surface area contributed by atoms with E-state index < -0.39 is 6.10 Å². The lowest BCUT2D eigenvalue weighted by Crippen LogP contribution is -2.37. The van der Waals surface area contributed by atoms with E-state index in [4.69, 9.17) is 9.47 Å². The maximum atomic E-state index is 10.4. The van der Waals surface area contributed by atoms with E-state index in [1.54, 1.807) is 18.4 Å². The van der Waals surface area contributed by atoms with Crippen molar-refractivity contribution in [2.24, 2.45) is 0 Å². The first kappa shape index (κ1) is 22.1. The van der Waals surface area contributed by atoms with E-state index in [9.17, 15) is 5.11 Å². The molecule has 0 spiro atoms. The highest BCUT2D eigenvalue weighted by Crippen LogP contribution is 2.28. The number of methoxy groups -OCH3 is 1. The summed E-state index contributed by atoms with van der Waals surface area (Å²) in [5.74, 6) is 1.39. The summed E-state index contributed by atoms with van der Waals surface area (Å²) in [5, 5.41) is 16.0. The van der Waals surface area contributed by atoms with Crippen molar-refractivity contribution >= 4 is 11.3 Å². The summed E-state index contributed by atoms with van der Waals surface area (Å²) in [6.07, 6.45) is 5.90. The van der Waals surface area contributed by atoms with Crippen LogP contribution >= 0.6 is 11.3 Å².